The SMILES string of the molecule is CCC1CCCCC1NCC(C)(C)C#N. The number of nitrogens with one attached hydrogen (secondary N) is 1. The van der Waals surface area contributed by atoms with Gasteiger partial charge >= 0.3 is 0 Å². The van der Waals surface area contributed by atoms with Gasteiger partial charge < -0.3 is 5.32 Å². The van der Waals surface area contributed by atoms with E-state index in [1.165, 1.54) is 32.1 Å². The van der Waals surface area contributed by atoms with Crippen LogP contribution in [-0.4, -0.2) is 12.6 Å². The van der Waals surface area contributed by atoms with E-state index in [2.05, 4.69) is 18.3 Å². The van der Waals surface area contributed by atoms with Gasteiger partial charge in [0.15, 0.2) is 0 Å². The van der Waals surface area contributed by atoms with Gasteiger partial charge in [0.25, 0.3) is 0 Å². The van der Waals surface area contributed by atoms with Crippen molar-refractivity contribution in [1.29, 1.82) is 5.26 Å². The van der Waals surface area contributed by atoms with Crippen LogP contribution < -0.4 is 5.32 Å². The Kier molecular flexibility index (Phi) is 4.60. The number of rotatable bonds is 4. The van der Waals surface area contributed by atoms with Gasteiger partial charge in [-0.1, -0.05) is 26.2 Å². The Morgan fingerprint density at radius 3 is 2.60 bits per heavy atom. The lowest BCUT2D eigenvalue weighted by atomic mass is 9.82. The summed E-state index contributed by atoms with van der Waals surface area (Å²) in [7, 11) is 0. The molecule has 1 aliphatic carbocycles. The summed E-state index contributed by atoms with van der Waals surface area (Å²) < 4.78 is 0. The molecule has 1 N–H and O–H groups in total. The van der Waals surface area contributed by atoms with E-state index in [9.17, 15) is 0 Å². The second-order valence-electron chi connectivity index (χ2n) is 5.44. The van der Waals surface area contributed by atoms with Crippen molar-refractivity contribution >= 4 is 0 Å². The molecule has 2 heteroatoms. The zero-order valence-electron chi connectivity index (χ0n) is 10.3. The summed E-state index contributed by atoms with van der Waals surface area (Å²) in [4.78, 5) is 0. The summed E-state index contributed by atoms with van der Waals surface area (Å²) in [6, 6.07) is 3.00. The monoisotopic (exact) mass is 208 g/mol. The molecular formula is C13H24N2. The van der Waals surface area contributed by atoms with Gasteiger partial charge in [0.05, 0.1) is 11.5 Å². The van der Waals surface area contributed by atoms with Gasteiger partial charge in [0.2, 0.25) is 0 Å². The molecule has 86 valence electrons. The topological polar surface area (TPSA) is 35.8 Å². The van der Waals surface area contributed by atoms with Crippen molar-refractivity contribution in [2.45, 2.75) is 58.9 Å². The Labute approximate surface area is 94.1 Å². The van der Waals surface area contributed by atoms with Crippen molar-refractivity contribution in [2.24, 2.45) is 11.3 Å². The lowest BCUT2D eigenvalue weighted by Crippen LogP contribution is -2.42. The minimum absolute atomic E-state index is 0.226. The minimum Gasteiger partial charge on any atom is -0.312 e. The second-order valence-corrected chi connectivity index (χ2v) is 5.44. The van der Waals surface area contributed by atoms with Crippen molar-refractivity contribution in [3.63, 3.8) is 0 Å². The molecule has 15 heavy (non-hydrogen) atoms. The lowest BCUT2D eigenvalue weighted by molar-refractivity contribution is 0.240. The molecule has 0 aliphatic heterocycles. The highest BCUT2D eigenvalue weighted by atomic mass is 14.9. The Hall–Kier alpha value is -0.550. The third kappa shape index (κ3) is 3.83. The van der Waals surface area contributed by atoms with Crippen LogP contribution >= 0.6 is 0 Å². The summed E-state index contributed by atoms with van der Waals surface area (Å²) >= 11 is 0. The van der Waals surface area contributed by atoms with Gasteiger partial charge in [-0.3, -0.25) is 0 Å². The Morgan fingerprint density at radius 2 is 2.00 bits per heavy atom. The van der Waals surface area contributed by atoms with Crippen molar-refractivity contribution in [3.8, 4) is 6.07 Å². The van der Waals surface area contributed by atoms with E-state index in [0.29, 0.717) is 6.04 Å². The second kappa shape index (κ2) is 5.51. The van der Waals surface area contributed by atoms with E-state index >= 15 is 0 Å². The van der Waals surface area contributed by atoms with Crippen LogP contribution in [0.3, 0.4) is 0 Å². The van der Waals surface area contributed by atoms with Crippen LogP contribution in [0.5, 0.6) is 0 Å². The maximum atomic E-state index is 8.96. The van der Waals surface area contributed by atoms with Crippen LogP contribution in [0.2, 0.25) is 0 Å². The predicted molar refractivity (Wildman–Crippen MR) is 63.4 cm³/mol. The van der Waals surface area contributed by atoms with Crippen LogP contribution in [0, 0.1) is 22.7 Å². The molecule has 0 heterocycles. The first-order valence-corrected chi connectivity index (χ1v) is 6.23. The third-order valence-corrected chi connectivity index (χ3v) is 3.54. The molecule has 2 atom stereocenters. The molecule has 2 unspecified atom stereocenters. The van der Waals surface area contributed by atoms with Crippen LogP contribution in [-0.2, 0) is 0 Å². The fourth-order valence-electron chi connectivity index (χ4n) is 2.39. The predicted octanol–water partition coefficient (Wildman–Crippen LogP) is 3.09. The molecule has 1 aliphatic rings. The van der Waals surface area contributed by atoms with Crippen LogP contribution in [0.25, 0.3) is 0 Å². The Balaban J connectivity index is 2.39. The zero-order chi connectivity index (χ0) is 11.3. The van der Waals surface area contributed by atoms with Crippen LogP contribution in [0.4, 0.5) is 0 Å². The summed E-state index contributed by atoms with van der Waals surface area (Å²) in [5, 5.41) is 12.5. The van der Waals surface area contributed by atoms with Gasteiger partial charge in [-0.25, -0.2) is 0 Å². The minimum atomic E-state index is -0.226. The van der Waals surface area contributed by atoms with E-state index in [0.717, 1.165) is 12.5 Å². The first-order chi connectivity index (χ1) is 7.09. The molecule has 0 saturated heterocycles. The molecule has 0 radical (unpaired) electrons. The largest absolute Gasteiger partial charge is 0.312 e. The maximum absolute atomic E-state index is 8.96. The van der Waals surface area contributed by atoms with Gasteiger partial charge in [0, 0.05) is 12.6 Å². The van der Waals surface area contributed by atoms with Crippen molar-refractivity contribution < 1.29 is 0 Å². The Morgan fingerprint density at radius 1 is 1.33 bits per heavy atom. The number of hydrogen-bond acceptors (Lipinski definition) is 2. The van der Waals surface area contributed by atoms with Crippen molar-refractivity contribution in [2.75, 3.05) is 6.54 Å². The standard InChI is InChI=1S/C13H24N2/c1-4-11-7-5-6-8-12(11)15-10-13(2,3)9-14/h11-12,15H,4-8,10H2,1-3H3. The quantitative estimate of drug-likeness (QED) is 0.770. The molecule has 1 rings (SSSR count). The average Bonchev–Trinajstić information content (AvgIpc) is 2.27. The molecule has 1 saturated carbocycles. The van der Waals surface area contributed by atoms with Gasteiger partial charge in [-0.2, -0.15) is 5.26 Å². The highest BCUT2D eigenvalue weighted by Crippen LogP contribution is 2.27. The lowest BCUT2D eigenvalue weighted by Gasteiger charge is -2.33. The summed E-state index contributed by atoms with van der Waals surface area (Å²) in [5.41, 5.74) is -0.226. The first-order valence-electron chi connectivity index (χ1n) is 6.23. The van der Waals surface area contributed by atoms with Gasteiger partial charge in [-0.15, -0.1) is 0 Å². The normalized spacial score (nSPS) is 27.3. The van der Waals surface area contributed by atoms with Crippen molar-refractivity contribution in [3.05, 3.63) is 0 Å². The molecule has 0 aromatic carbocycles. The molecule has 0 aromatic rings. The average molecular weight is 208 g/mol. The van der Waals surface area contributed by atoms with E-state index in [4.69, 9.17) is 5.26 Å². The highest BCUT2D eigenvalue weighted by molar-refractivity contribution is 4.94. The smallest absolute Gasteiger partial charge is 0.0697 e. The van der Waals surface area contributed by atoms with Crippen molar-refractivity contribution in [1.82, 2.24) is 5.32 Å². The van der Waals surface area contributed by atoms with E-state index in [1.54, 1.807) is 0 Å². The maximum Gasteiger partial charge on any atom is 0.0697 e. The van der Waals surface area contributed by atoms with Crippen LogP contribution in [0.1, 0.15) is 52.9 Å². The zero-order valence-corrected chi connectivity index (χ0v) is 10.3. The molecule has 0 aromatic heterocycles. The van der Waals surface area contributed by atoms with Gasteiger partial charge in [-0.05, 0) is 32.6 Å². The third-order valence-electron chi connectivity index (χ3n) is 3.54. The number of hydrogen-bond donors (Lipinski definition) is 1. The molecule has 0 bridgehead atoms. The summed E-state index contributed by atoms with van der Waals surface area (Å²) in [6.45, 7) is 7.11. The molecular weight excluding hydrogens is 184 g/mol. The fourth-order valence-corrected chi connectivity index (χ4v) is 2.39. The first kappa shape index (κ1) is 12.5. The summed E-state index contributed by atoms with van der Waals surface area (Å²) in [6.07, 6.45) is 6.66. The van der Waals surface area contributed by atoms with E-state index in [1.807, 2.05) is 13.8 Å². The fraction of sp³-hybridized carbons (Fsp3) is 0.923. The number of nitriles is 1. The molecule has 1 fully saturated rings. The number of nitrogens with zero attached hydrogens (tertiary/aromatic N) is 1. The molecule has 2 nitrogen and oxygen atoms in total. The van der Waals surface area contributed by atoms with Crippen LogP contribution in [0.15, 0.2) is 0 Å². The molecule has 0 spiro atoms. The van der Waals surface area contributed by atoms with E-state index < -0.39 is 0 Å². The molecule has 0 amide bonds. The Bertz CT molecular complexity index is 227. The van der Waals surface area contributed by atoms with Gasteiger partial charge in [0.1, 0.15) is 0 Å². The van der Waals surface area contributed by atoms with E-state index in [-0.39, 0.29) is 5.41 Å². The summed E-state index contributed by atoms with van der Waals surface area (Å²) in [5.74, 6) is 0.827. The highest BCUT2D eigenvalue weighted by Gasteiger charge is 2.25.